The fraction of sp³-hybridized carbons (Fsp3) is 0.667. The summed E-state index contributed by atoms with van der Waals surface area (Å²) in [5.74, 6) is -0.923. The summed E-state index contributed by atoms with van der Waals surface area (Å²) in [7, 11) is -3.90. The van der Waals surface area contributed by atoms with Crippen molar-refractivity contribution in [3.05, 3.63) is 29.6 Å². The second kappa shape index (κ2) is 8.11. The Morgan fingerprint density at radius 2 is 1.46 bits per heavy atom. The minimum Gasteiger partial charge on any atom is -0.333 e. The van der Waals surface area contributed by atoms with E-state index in [9.17, 15) is 17.6 Å². The summed E-state index contributed by atoms with van der Waals surface area (Å²) < 4.78 is 41.5. The molecule has 2 saturated carbocycles. The average molecular weight is 409 g/mol. The average Bonchev–Trinajstić information content (AvgIpc) is 3.45. The van der Waals surface area contributed by atoms with Gasteiger partial charge in [0.05, 0.1) is 0 Å². The summed E-state index contributed by atoms with van der Waals surface area (Å²) in [6, 6.07) is 4.29. The predicted molar refractivity (Wildman–Crippen MR) is 105 cm³/mol. The molecule has 7 heteroatoms. The van der Waals surface area contributed by atoms with E-state index in [0.717, 1.165) is 70.3 Å². The topological polar surface area (TPSA) is 57.7 Å². The van der Waals surface area contributed by atoms with Gasteiger partial charge < -0.3 is 4.90 Å². The Bertz CT molecular complexity index is 808. The van der Waals surface area contributed by atoms with Crippen LogP contribution in [0.15, 0.2) is 23.1 Å². The quantitative estimate of drug-likeness (QED) is 0.742. The van der Waals surface area contributed by atoms with E-state index >= 15 is 0 Å². The van der Waals surface area contributed by atoms with Crippen LogP contribution in [0.3, 0.4) is 0 Å². The lowest BCUT2D eigenvalue weighted by Crippen LogP contribution is -2.45. The number of carbonyl (C=O) groups is 1. The van der Waals surface area contributed by atoms with Crippen molar-refractivity contribution in [3.8, 4) is 0 Å². The van der Waals surface area contributed by atoms with Crippen LogP contribution in [0.5, 0.6) is 0 Å². The van der Waals surface area contributed by atoms with Crippen LogP contribution < -0.4 is 0 Å². The molecule has 1 amide bonds. The van der Waals surface area contributed by atoms with Crippen molar-refractivity contribution < 1.29 is 17.6 Å². The van der Waals surface area contributed by atoms with Crippen molar-refractivity contribution in [2.75, 3.05) is 13.1 Å². The second-order valence-electron chi connectivity index (χ2n) is 8.35. The fourth-order valence-corrected chi connectivity index (χ4v) is 6.65. The van der Waals surface area contributed by atoms with Gasteiger partial charge in [0.25, 0.3) is 5.91 Å². The number of halogens is 1. The summed E-state index contributed by atoms with van der Waals surface area (Å²) in [4.78, 5) is 15.1. The number of rotatable bonds is 5. The molecule has 1 aliphatic heterocycles. The molecule has 3 fully saturated rings. The first-order valence-corrected chi connectivity index (χ1v) is 12.0. The Morgan fingerprint density at radius 3 is 2.00 bits per heavy atom. The van der Waals surface area contributed by atoms with E-state index in [1.165, 1.54) is 16.4 Å². The van der Waals surface area contributed by atoms with Crippen LogP contribution in [0.1, 0.15) is 74.6 Å². The Kier molecular flexibility index (Phi) is 5.74. The number of carbonyl (C=O) groups excluding carboxylic acids is 1. The Labute approximate surface area is 166 Å². The van der Waals surface area contributed by atoms with Crippen LogP contribution in [0.25, 0.3) is 0 Å². The normalized spacial score (nSPS) is 22.2. The molecule has 5 nitrogen and oxygen atoms in total. The van der Waals surface area contributed by atoms with E-state index in [4.69, 9.17) is 0 Å². The summed E-state index contributed by atoms with van der Waals surface area (Å²) in [6.45, 7) is 0.826. The SMILES string of the molecule is O=C(c1ccc(F)c(S(=O)(=O)N2CCCC2)c1)N(C1CCCC1)C1CCCC1. The number of nitrogens with zero attached hydrogens (tertiary/aromatic N) is 2. The molecular formula is C21H29FN2O3S. The van der Waals surface area contributed by atoms with Gasteiger partial charge in [-0.2, -0.15) is 4.31 Å². The van der Waals surface area contributed by atoms with E-state index in [2.05, 4.69) is 0 Å². The maximum Gasteiger partial charge on any atom is 0.254 e. The molecule has 2 aliphatic carbocycles. The monoisotopic (exact) mass is 408 g/mol. The van der Waals surface area contributed by atoms with Gasteiger partial charge in [0.2, 0.25) is 10.0 Å². The van der Waals surface area contributed by atoms with Crippen molar-refractivity contribution in [2.45, 2.75) is 81.2 Å². The fourth-order valence-electron chi connectivity index (χ4n) is 5.05. The highest BCUT2D eigenvalue weighted by atomic mass is 32.2. The summed E-state index contributed by atoms with van der Waals surface area (Å²) >= 11 is 0. The van der Waals surface area contributed by atoms with E-state index in [-0.39, 0.29) is 28.4 Å². The molecule has 4 rings (SSSR count). The zero-order valence-electron chi connectivity index (χ0n) is 16.3. The molecule has 1 heterocycles. The van der Waals surface area contributed by atoms with Gasteiger partial charge in [-0.15, -0.1) is 0 Å². The molecule has 0 spiro atoms. The third-order valence-corrected chi connectivity index (χ3v) is 8.45. The van der Waals surface area contributed by atoms with Gasteiger partial charge in [0.1, 0.15) is 10.7 Å². The lowest BCUT2D eigenvalue weighted by atomic mass is 10.1. The molecule has 1 aromatic rings. The van der Waals surface area contributed by atoms with E-state index in [1.54, 1.807) is 0 Å². The molecule has 3 aliphatic rings. The molecule has 28 heavy (non-hydrogen) atoms. The van der Waals surface area contributed by atoms with Crippen molar-refractivity contribution in [2.24, 2.45) is 0 Å². The third-order valence-electron chi connectivity index (χ3n) is 6.53. The molecule has 0 unspecified atom stereocenters. The van der Waals surface area contributed by atoms with Gasteiger partial charge in [0, 0.05) is 30.7 Å². The van der Waals surface area contributed by atoms with Crippen LogP contribution in [0, 0.1) is 5.82 Å². The molecular weight excluding hydrogens is 379 g/mol. The van der Waals surface area contributed by atoms with Crippen molar-refractivity contribution >= 4 is 15.9 Å². The number of hydrogen-bond acceptors (Lipinski definition) is 3. The predicted octanol–water partition coefficient (Wildman–Crippen LogP) is 3.94. The van der Waals surface area contributed by atoms with Gasteiger partial charge in [0.15, 0.2) is 0 Å². The third kappa shape index (κ3) is 3.71. The minimum absolute atomic E-state index is 0.142. The first-order chi connectivity index (χ1) is 13.5. The van der Waals surface area contributed by atoms with Crippen LogP contribution in [0.4, 0.5) is 4.39 Å². The number of benzene rings is 1. The molecule has 154 valence electrons. The number of hydrogen-bond donors (Lipinski definition) is 0. The van der Waals surface area contributed by atoms with Crippen molar-refractivity contribution in [3.63, 3.8) is 0 Å². The van der Waals surface area contributed by atoms with Crippen LogP contribution in [-0.4, -0.2) is 48.7 Å². The first-order valence-electron chi connectivity index (χ1n) is 10.6. The van der Waals surface area contributed by atoms with Gasteiger partial charge >= 0.3 is 0 Å². The van der Waals surface area contributed by atoms with Crippen LogP contribution >= 0.6 is 0 Å². The smallest absolute Gasteiger partial charge is 0.254 e. The maximum atomic E-state index is 14.5. The Morgan fingerprint density at radius 1 is 0.929 bits per heavy atom. The van der Waals surface area contributed by atoms with Gasteiger partial charge in [-0.25, -0.2) is 12.8 Å². The lowest BCUT2D eigenvalue weighted by molar-refractivity contribution is 0.0580. The number of sulfonamides is 1. The summed E-state index contributed by atoms with van der Waals surface area (Å²) in [5.41, 5.74) is 0.290. The van der Waals surface area contributed by atoms with E-state index in [0.29, 0.717) is 13.1 Å². The van der Waals surface area contributed by atoms with Gasteiger partial charge in [-0.3, -0.25) is 4.79 Å². The molecule has 1 saturated heterocycles. The van der Waals surface area contributed by atoms with Crippen LogP contribution in [0.2, 0.25) is 0 Å². The Balaban J connectivity index is 1.66. The summed E-state index contributed by atoms with van der Waals surface area (Å²) in [5, 5.41) is 0. The van der Waals surface area contributed by atoms with Crippen molar-refractivity contribution in [1.29, 1.82) is 0 Å². The number of amides is 1. The lowest BCUT2D eigenvalue weighted by Gasteiger charge is -2.35. The maximum absolute atomic E-state index is 14.5. The van der Waals surface area contributed by atoms with E-state index < -0.39 is 15.8 Å². The molecule has 0 radical (unpaired) electrons. The zero-order valence-corrected chi connectivity index (χ0v) is 17.1. The zero-order chi connectivity index (χ0) is 19.7. The van der Waals surface area contributed by atoms with Gasteiger partial charge in [-0.05, 0) is 56.7 Å². The highest BCUT2D eigenvalue weighted by Gasteiger charge is 2.36. The molecule has 0 N–H and O–H groups in total. The minimum atomic E-state index is -3.90. The second-order valence-corrected chi connectivity index (χ2v) is 10.3. The van der Waals surface area contributed by atoms with Gasteiger partial charge in [-0.1, -0.05) is 25.7 Å². The van der Waals surface area contributed by atoms with Crippen LogP contribution in [-0.2, 0) is 10.0 Å². The largest absolute Gasteiger partial charge is 0.333 e. The highest BCUT2D eigenvalue weighted by molar-refractivity contribution is 7.89. The summed E-state index contributed by atoms with van der Waals surface area (Å²) in [6.07, 6.45) is 10.1. The Hall–Kier alpha value is -1.47. The standard InChI is InChI=1S/C21H29FN2O3S/c22-19-12-11-16(15-20(19)28(26,27)23-13-5-6-14-23)21(25)24(17-7-1-2-8-17)18-9-3-4-10-18/h11-12,15,17-18H,1-10,13-14H2. The molecule has 0 atom stereocenters. The van der Waals surface area contributed by atoms with Crippen molar-refractivity contribution in [1.82, 2.24) is 9.21 Å². The molecule has 0 bridgehead atoms. The highest BCUT2D eigenvalue weighted by Crippen LogP contribution is 2.33. The first kappa shape index (κ1) is 19.8. The molecule has 0 aromatic heterocycles. The molecule has 1 aromatic carbocycles. The van der Waals surface area contributed by atoms with E-state index in [1.807, 2.05) is 4.90 Å².